The van der Waals surface area contributed by atoms with Gasteiger partial charge in [-0.2, -0.15) is 0 Å². The van der Waals surface area contributed by atoms with Gasteiger partial charge in [-0.1, -0.05) is 27.3 Å². The molecule has 3 nitrogen and oxygen atoms in total. The maximum absolute atomic E-state index is 4.07. The van der Waals surface area contributed by atoms with E-state index in [1.165, 1.54) is 0 Å². The third-order valence-electron chi connectivity index (χ3n) is 1.75. The highest BCUT2D eigenvalue weighted by Gasteiger charge is 2.12. The van der Waals surface area contributed by atoms with Gasteiger partial charge in [0.2, 0.25) is 5.13 Å². The number of aromatic nitrogens is 2. The van der Waals surface area contributed by atoms with Crippen LogP contribution in [-0.4, -0.2) is 28.1 Å². The maximum atomic E-state index is 4.07. The van der Waals surface area contributed by atoms with Gasteiger partial charge >= 0.3 is 0 Å². The predicted molar refractivity (Wildman–Crippen MR) is 60.8 cm³/mol. The third-order valence-corrected chi connectivity index (χ3v) is 3.04. The number of anilines is 1. The lowest BCUT2D eigenvalue weighted by Gasteiger charge is -2.24. The van der Waals surface area contributed by atoms with Crippen molar-refractivity contribution in [1.82, 2.24) is 10.2 Å². The average molecular weight is 264 g/mol. The van der Waals surface area contributed by atoms with Crippen molar-refractivity contribution in [3.63, 3.8) is 0 Å². The van der Waals surface area contributed by atoms with E-state index in [1.807, 2.05) is 0 Å². The molecule has 0 fully saturated rings. The van der Waals surface area contributed by atoms with E-state index in [0.29, 0.717) is 6.04 Å². The second-order valence-electron chi connectivity index (χ2n) is 3.05. The normalized spacial score (nSPS) is 10.8. The van der Waals surface area contributed by atoms with E-state index in [-0.39, 0.29) is 0 Å². The Balaban J connectivity index is 2.58. The predicted octanol–water partition coefficient (Wildman–Crippen LogP) is 2.54. The van der Waals surface area contributed by atoms with E-state index in [2.05, 4.69) is 44.9 Å². The average Bonchev–Trinajstić information content (AvgIpc) is 2.57. The summed E-state index contributed by atoms with van der Waals surface area (Å²) in [5.74, 6) is 0. The summed E-state index contributed by atoms with van der Waals surface area (Å²) < 4.78 is 0. The molecule has 5 heteroatoms. The van der Waals surface area contributed by atoms with E-state index in [9.17, 15) is 0 Å². The zero-order valence-corrected chi connectivity index (χ0v) is 10.3. The van der Waals surface area contributed by atoms with E-state index in [1.54, 1.807) is 16.8 Å². The van der Waals surface area contributed by atoms with Gasteiger partial charge in [0.05, 0.1) is 0 Å². The molecule has 0 saturated carbocycles. The highest BCUT2D eigenvalue weighted by Crippen LogP contribution is 2.18. The minimum absolute atomic E-state index is 0.493. The van der Waals surface area contributed by atoms with Gasteiger partial charge in [0.1, 0.15) is 5.51 Å². The molecule has 0 aromatic carbocycles. The molecule has 1 heterocycles. The van der Waals surface area contributed by atoms with Crippen LogP contribution < -0.4 is 4.90 Å². The molecule has 1 aromatic heterocycles. The lowest BCUT2D eigenvalue weighted by Crippen LogP contribution is -2.31. The van der Waals surface area contributed by atoms with Crippen molar-refractivity contribution in [3.05, 3.63) is 5.51 Å². The summed E-state index contributed by atoms with van der Waals surface area (Å²) in [5.41, 5.74) is 1.78. The molecule has 0 atom stereocenters. The topological polar surface area (TPSA) is 29.0 Å². The molecule has 0 radical (unpaired) electrons. The van der Waals surface area contributed by atoms with Crippen molar-refractivity contribution in [1.29, 1.82) is 0 Å². The standard InChI is InChI=1S/C8H14BrN3S/c1-7(2)12(5-3-4-9)8-11-10-6-13-8/h6-7H,3-5H2,1-2H3. The second kappa shape index (κ2) is 5.54. The van der Waals surface area contributed by atoms with Gasteiger partial charge in [-0.3, -0.25) is 0 Å². The summed E-state index contributed by atoms with van der Waals surface area (Å²) in [5, 5.41) is 9.98. The van der Waals surface area contributed by atoms with Crippen molar-refractivity contribution in [3.8, 4) is 0 Å². The van der Waals surface area contributed by atoms with Gasteiger partial charge in [0, 0.05) is 17.9 Å². The number of hydrogen-bond acceptors (Lipinski definition) is 4. The first-order valence-corrected chi connectivity index (χ1v) is 6.34. The summed E-state index contributed by atoms with van der Waals surface area (Å²) >= 11 is 5.03. The Hall–Kier alpha value is -0.160. The van der Waals surface area contributed by atoms with Gasteiger partial charge in [-0.25, -0.2) is 0 Å². The van der Waals surface area contributed by atoms with Crippen LogP contribution in [0.1, 0.15) is 20.3 Å². The molecule has 0 saturated heterocycles. The quantitative estimate of drug-likeness (QED) is 0.765. The molecule has 0 spiro atoms. The van der Waals surface area contributed by atoms with Crippen LogP contribution in [0.3, 0.4) is 0 Å². The van der Waals surface area contributed by atoms with E-state index in [0.717, 1.165) is 23.4 Å². The van der Waals surface area contributed by atoms with Crippen molar-refractivity contribution in [2.45, 2.75) is 26.3 Å². The van der Waals surface area contributed by atoms with Crippen LogP contribution in [0.2, 0.25) is 0 Å². The molecule has 0 aliphatic heterocycles. The molecule has 0 unspecified atom stereocenters. The molecule has 1 aromatic rings. The zero-order valence-electron chi connectivity index (χ0n) is 7.90. The smallest absolute Gasteiger partial charge is 0.208 e. The fraction of sp³-hybridized carbons (Fsp3) is 0.750. The first-order chi connectivity index (χ1) is 6.25. The molecule has 0 N–H and O–H groups in total. The summed E-state index contributed by atoms with van der Waals surface area (Å²) in [6.07, 6.45) is 1.14. The first-order valence-electron chi connectivity index (χ1n) is 4.34. The van der Waals surface area contributed by atoms with Gasteiger partial charge < -0.3 is 4.90 Å². The van der Waals surface area contributed by atoms with Gasteiger partial charge in [-0.15, -0.1) is 10.2 Å². The largest absolute Gasteiger partial charge is 0.344 e. The fourth-order valence-electron chi connectivity index (χ4n) is 1.10. The number of halogens is 1. The molecule has 1 rings (SSSR count). The summed E-state index contributed by atoms with van der Waals surface area (Å²) in [7, 11) is 0. The number of nitrogens with zero attached hydrogens (tertiary/aromatic N) is 3. The first kappa shape index (κ1) is 10.9. The Morgan fingerprint density at radius 1 is 1.62 bits per heavy atom. The number of rotatable bonds is 5. The molecule has 74 valence electrons. The molecule has 0 aliphatic rings. The molecular weight excluding hydrogens is 250 g/mol. The van der Waals surface area contributed by atoms with Crippen molar-refractivity contribution >= 4 is 32.4 Å². The maximum Gasteiger partial charge on any atom is 0.208 e. The summed E-state index contributed by atoms with van der Waals surface area (Å²) in [6.45, 7) is 5.39. The molecule has 0 aliphatic carbocycles. The minimum atomic E-state index is 0.493. The van der Waals surface area contributed by atoms with Crippen LogP contribution in [0.5, 0.6) is 0 Å². The molecule has 0 bridgehead atoms. The monoisotopic (exact) mass is 263 g/mol. The molecule has 13 heavy (non-hydrogen) atoms. The highest BCUT2D eigenvalue weighted by atomic mass is 79.9. The Morgan fingerprint density at radius 3 is 2.85 bits per heavy atom. The van der Waals surface area contributed by atoms with Gasteiger partial charge in [0.25, 0.3) is 0 Å². The van der Waals surface area contributed by atoms with Gasteiger partial charge in [0.15, 0.2) is 0 Å². The van der Waals surface area contributed by atoms with E-state index >= 15 is 0 Å². The number of hydrogen-bond donors (Lipinski definition) is 0. The minimum Gasteiger partial charge on any atom is -0.344 e. The van der Waals surface area contributed by atoms with Crippen LogP contribution in [-0.2, 0) is 0 Å². The van der Waals surface area contributed by atoms with Crippen LogP contribution in [0.4, 0.5) is 5.13 Å². The Morgan fingerprint density at radius 2 is 2.38 bits per heavy atom. The SMILES string of the molecule is CC(C)N(CCCBr)c1nncs1. The molecule has 0 amide bonds. The lowest BCUT2D eigenvalue weighted by atomic mass is 10.3. The Bertz CT molecular complexity index is 225. The van der Waals surface area contributed by atoms with Crippen molar-refractivity contribution < 1.29 is 0 Å². The summed E-state index contributed by atoms with van der Waals surface area (Å²) in [4.78, 5) is 2.28. The van der Waals surface area contributed by atoms with Crippen LogP contribution in [0, 0.1) is 0 Å². The van der Waals surface area contributed by atoms with E-state index in [4.69, 9.17) is 0 Å². The Labute approximate surface area is 91.3 Å². The van der Waals surface area contributed by atoms with Crippen LogP contribution in [0.25, 0.3) is 0 Å². The number of alkyl halides is 1. The summed E-state index contributed by atoms with van der Waals surface area (Å²) in [6, 6.07) is 0.493. The van der Waals surface area contributed by atoms with Crippen LogP contribution >= 0.6 is 27.3 Å². The van der Waals surface area contributed by atoms with E-state index < -0.39 is 0 Å². The van der Waals surface area contributed by atoms with Crippen molar-refractivity contribution in [2.75, 3.05) is 16.8 Å². The lowest BCUT2D eigenvalue weighted by molar-refractivity contribution is 0.668. The zero-order chi connectivity index (χ0) is 9.68. The van der Waals surface area contributed by atoms with Crippen LogP contribution in [0.15, 0.2) is 5.51 Å². The Kier molecular flexibility index (Phi) is 4.66. The fourth-order valence-corrected chi connectivity index (χ4v) is 2.07. The van der Waals surface area contributed by atoms with Crippen molar-refractivity contribution in [2.24, 2.45) is 0 Å². The molecular formula is C8H14BrN3S. The second-order valence-corrected chi connectivity index (χ2v) is 4.66. The van der Waals surface area contributed by atoms with Gasteiger partial charge in [-0.05, 0) is 20.3 Å². The highest BCUT2D eigenvalue weighted by molar-refractivity contribution is 9.09. The third kappa shape index (κ3) is 3.23.